The molecule has 3 rings (SSSR count). The van der Waals surface area contributed by atoms with E-state index in [2.05, 4.69) is 29.7 Å². The van der Waals surface area contributed by atoms with Crippen molar-refractivity contribution < 1.29 is 0 Å². The van der Waals surface area contributed by atoms with E-state index in [0.717, 1.165) is 19.5 Å². The Labute approximate surface area is 109 Å². The lowest BCUT2D eigenvalue weighted by molar-refractivity contribution is 0.595. The lowest BCUT2D eigenvalue weighted by atomic mass is 9.95. The van der Waals surface area contributed by atoms with Crippen LogP contribution in [0.15, 0.2) is 18.2 Å². The van der Waals surface area contributed by atoms with Gasteiger partial charge in [-0.25, -0.2) is 0 Å². The standard InChI is InChI=1S/C16H22N2/c1-12-6-4-8-14-13-7-2-3-9-15(13)18(16(12)14)11-5-10-17/h4,6,8H,2-3,5,7,9-11,17H2,1H3. The number of nitrogens with zero attached hydrogens (tertiary/aromatic N) is 1. The van der Waals surface area contributed by atoms with Gasteiger partial charge in [0.1, 0.15) is 0 Å². The average molecular weight is 242 g/mol. The summed E-state index contributed by atoms with van der Waals surface area (Å²) in [7, 11) is 0. The van der Waals surface area contributed by atoms with Crippen LogP contribution in [-0.2, 0) is 19.4 Å². The molecule has 1 aromatic carbocycles. The van der Waals surface area contributed by atoms with Gasteiger partial charge in [-0.3, -0.25) is 0 Å². The summed E-state index contributed by atoms with van der Waals surface area (Å²) in [5.74, 6) is 0. The van der Waals surface area contributed by atoms with Gasteiger partial charge in [-0.1, -0.05) is 18.2 Å². The van der Waals surface area contributed by atoms with Gasteiger partial charge in [-0.15, -0.1) is 0 Å². The summed E-state index contributed by atoms with van der Waals surface area (Å²) in [4.78, 5) is 0. The largest absolute Gasteiger partial charge is 0.344 e. The van der Waals surface area contributed by atoms with E-state index in [1.807, 2.05) is 0 Å². The quantitative estimate of drug-likeness (QED) is 0.880. The summed E-state index contributed by atoms with van der Waals surface area (Å²) < 4.78 is 2.55. The van der Waals surface area contributed by atoms with Gasteiger partial charge in [-0.05, 0) is 56.7 Å². The molecule has 0 unspecified atom stereocenters. The average Bonchev–Trinajstić information content (AvgIpc) is 2.72. The van der Waals surface area contributed by atoms with Crippen LogP contribution in [0.4, 0.5) is 0 Å². The maximum Gasteiger partial charge on any atom is 0.0515 e. The van der Waals surface area contributed by atoms with Crippen molar-refractivity contribution in [1.82, 2.24) is 4.57 Å². The van der Waals surface area contributed by atoms with E-state index in [4.69, 9.17) is 5.73 Å². The number of fused-ring (bicyclic) bond motifs is 3. The Morgan fingerprint density at radius 2 is 2.06 bits per heavy atom. The first kappa shape index (κ1) is 11.8. The Morgan fingerprint density at radius 1 is 1.22 bits per heavy atom. The van der Waals surface area contributed by atoms with Crippen LogP contribution >= 0.6 is 0 Å². The Morgan fingerprint density at radius 3 is 2.89 bits per heavy atom. The Kier molecular flexibility index (Phi) is 3.13. The van der Waals surface area contributed by atoms with Gasteiger partial charge >= 0.3 is 0 Å². The summed E-state index contributed by atoms with van der Waals surface area (Å²) >= 11 is 0. The van der Waals surface area contributed by atoms with Gasteiger partial charge in [0.15, 0.2) is 0 Å². The van der Waals surface area contributed by atoms with Crippen molar-refractivity contribution in [3.05, 3.63) is 35.0 Å². The molecule has 2 N–H and O–H groups in total. The smallest absolute Gasteiger partial charge is 0.0515 e. The maximum atomic E-state index is 5.69. The Hall–Kier alpha value is -1.28. The number of aryl methyl sites for hydroxylation is 3. The van der Waals surface area contributed by atoms with E-state index in [1.165, 1.54) is 42.1 Å². The van der Waals surface area contributed by atoms with Crippen LogP contribution in [0.3, 0.4) is 0 Å². The fourth-order valence-corrected chi connectivity index (χ4v) is 3.37. The molecule has 18 heavy (non-hydrogen) atoms. The van der Waals surface area contributed by atoms with Crippen LogP contribution in [0.2, 0.25) is 0 Å². The van der Waals surface area contributed by atoms with Crippen molar-refractivity contribution in [2.75, 3.05) is 6.54 Å². The number of rotatable bonds is 3. The van der Waals surface area contributed by atoms with Crippen molar-refractivity contribution in [3.8, 4) is 0 Å². The minimum absolute atomic E-state index is 0.778. The van der Waals surface area contributed by atoms with E-state index >= 15 is 0 Å². The van der Waals surface area contributed by atoms with Gasteiger partial charge in [0.05, 0.1) is 5.52 Å². The molecule has 0 saturated carbocycles. The van der Waals surface area contributed by atoms with Crippen LogP contribution < -0.4 is 5.73 Å². The zero-order chi connectivity index (χ0) is 12.5. The van der Waals surface area contributed by atoms with Crippen LogP contribution in [0.25, 0.3) is 10.9 Å². The molecule has 1 aromatic heterocycles. The number of aromatic nitrogens is 1. The Balaban J connectivity index is 2.23. The maximum absolute atomic E-state index is 5.69. The summed E-state index contributed by atoms with van der Waals surface area (Å²) in [6.07, 6.45) is 6.26. The van der Waals surface area contributed by atoms with E-state index in [9.17, 15) is 0 Å². The molecule has 96 valence electrons. The second kappa shape index (κ2) is 4.77. The van der Waals surface area contributed by atoms with Gasteiger partial charge < -0.3 is 10.3 Å². The van der Waals surface area contributed by atoms with Crippen LogP contribution in [0, 0.1) is 6.92 Å². The van der Waals surface area contributed by atoms with Gasteiger partial charge in [0, 0.05) is 17.6 Å². The fourth-order valence-electron chi connectivity index (χ4n) is 3.37. The van der Waals surface area contributed by atoms with E-state index in [-0.39, 0.29) is 0 Å². The molecule has 1 aliphatic rings. The molecule has 1 aliphatic carbocycles. The zero-order valence-corrected chi connectivity index (χ0v) is 11.2. The normalized spacial score (nSPS) is 15.0. The van der Waals surface area contributed by atoms with Gasteiger partial charge in [0.2, 0.25) is 0 Å². The summed E-state index contributed by atoms with van der Waals surface area (Å²) in [6, 6.07) is 6.72. The molecular weight excluding hydrogens is 220 g/mol. The number of hydrogen-bond donors (Lipinski definition) is 1. The second-order valence-electron chi connectivity index (χ2n) is 5.40. The predicted octanol–water partition coefficient (Wildman–Crippen LogP) is 3.18. The summed E-state index contributed by atoms with van der Waals surface area (Å²) in [5, 5.41) is 1.49. The van der Waals surface area contributed by atoms with Crippen LogP contribution in [0.5, 0.6) is 0 Å². The highest BCUT2D eigenvalue weighted by atomic mass is 15.0. The van der Waals surface area contributed by atoms with E-state index in [0.29, 0.717) is 0 Å². The molecule has 2 nitrogen and oxygen atoms in total. The molecule has 0 aliphatic heterocycles. The molecule has 0 fully saturated rings. The first-order valence-electron chi connectivity index (χ1n) is 7.12. The molecule has 0 radical (unpaired) electrons. The minimum atomic E-state index is 0.778. The number of hydrogen-bond acceptors (Lipinski definition) is 1. The van der Waals surface area contributed by atoms with Crippen LogP contribution in [0.1, 0.15) is 36.1 Å². The van der Waals surface area contributed by atoms with Crippen LogP contribution in [-0.4, -0.2) is 11.1 Å². The fraction of sp³-hybridized carbons (Fsp3) is 0.500. The highest BCUT2D eigenvalue weighted by Crippen LogP contribution is 2.33. The number of para-hydroxylation sites is 1. The van der Waals surface area contributed by atoms with E-state index < -0.39 is 0 Å². The van der Waals surface area contributed by atoms with Crippen molar-refractivity contribution in [2.24, 2.45) is 5.73 Å². The van der Waals surface area contributed by atoms with Crippen molar-refractivity contribution in [2.45, 2.75) is 45.6 Å². The second-order valence-corrected chi connectivity index (χ2v) is 5.40. The van der Waals surface area contributed by atoms with Gasteiger partial charge in [-0.2, -0.15) is 0 Å². The molecule has 0 atom stereocenters. The van der Waals surface area contributed by atoms with Crippen molar-refractivity contribution in [1.29, 1.82) is 0 Å². The Bertz CT molecular complexity index is 566. The van der Waals surface area contributed by atoms with Gasteiger partial charge in [0.25, 0.3) is 0 Å². The third-order valence-corrected chi connectivity index (χ3v) is 4.18. The third kappa shape index (κ3) is 1.76. The van der Waals surface area contributed by atoms with Crippen molar-refractivity contribution >= 4 is 10.9 Å². The predicted molar refractivity (Wildman–Crippen MR) is 77.0 cm³/mol. The lowest BCUT2D eigenvalue weighted by Crippen LogP contribution is -2.11. The van der Waals surface area contributed by atoms with Crippen molar-refractivity contribution in [3.63, 3.8) is 0 Å². The number of nitrogens with two attached hydrogens (primary N) is 1. The molecule has 0 amide bonds. The zero-order valence-electron chi connectivity index (χ0n) is 11.2. The highest BCUT2D eigenvalue weighted by molar-refractivity contribution is 5.88. The summed E-state index contributed by atoms with van der Waals surface area (Å²) in [6.45, 7) is 4.08. The van der Waals surface area contributed by atoms with E-state index in [1.54, 1.807) is 11.3 Å². The number of benzene rings is 1. The molecule has 0 saturated heterocycles. The topological polar surface area (TPSA) is 30.9 Å². The molecule has 0 spiro atoms. The summed E-state index contributed by atoms with van der Waals surface area (Å²) in [5.41, 5.74) is 11.7. The molecule has 1 heterocycles. The molecular formula is C16H22N2. The first-order chi connectivity index (χ1) is 8.83. The molecule has 2 aromatic rings. The minimum Gasteiger partial charge on any atom is -0.344 e. The third-order valence-electron chi connectivity index (χ3n) is 4.18. The molecule has 0 bridgehead atoms. The SMILES string of the molecule is Cc1cccc2c3c(n(CCCN)c12)CCCC3. The monoisotopic (exact) mass is 242 g/mol. The highest BCUT2D eigenvalue weighted by Gasteiger charge is 2.20. The molecule has 2 heteroatoms. The first-order valence-corrected chi connectivity index (χ1v) is 7.12. The lowest BCUT2D eigenvalue weighted by Gasteiger charge is -2.16.